The topological polar surface area (TPSA) is 59.9 Å². The van der Waals surface area contributed by atoms with Crippen molar-refractivity contribution in [3.63, 3.8) is 0 Å². The zero-order valence-electron chi connectivity index (χ0n) is 10.3. The SMILES string of the molecule is COc1ccc(CNc2ncnc3sccc23)cn1. The quantitative estimate of drug-likeness (QED) is 0.791. The molecule has 0 fully saturated rings. The van der Waals surface area contributed by atoms with E-state index in [9.17, 15) is 0 Å². The molecule has 3 aromatic heterocycles. The Balaban J connectivity index is 1.76. The second-order valence-corrected chi connectivity index (χ2v) is 4.82. The molecule has 6 heteroatoms. The van der Waals surface area contributed by atoms with Gasteiger partial charge in [-0.25, -0.2) is 15.0 Å². The average molecular weight is 272 g/mol. The molecular weight excluding hydrogens is 260 g/mol. The fourth-order valence-electron chi connectivity index (χ4n) is 1.75. The minimum Gasteiger partial charge on any atom is -0.481 e. The van der Waals surface area contributed by atoms with Gasteiger partial charge in [-0.2, -0.15) is 0 Å². The Hall–Kier alpha value is -2.21. The highest BCUT2D eigenvalue weighted by atomic mass is 32.1. The summed E-state index contributed by atoms with van der Waals surface area (Å²) >= 11 is 1.61. The molecule has 0 saturated heterocycles. The number of nitrogens with one attached hydrogen (secondary N) is 1. The summed E-state index contributed by atoms with van der Waals surface area (Å²) in [5.41, 5.74) is 1.07. The Kier molecular flexibility index (Phi) is 3.24. The number of ether oxygens (including phenoxy) is 1. The van der Waals surface area contributed by atoms with Crippen LogP contribution in [0.25, 0.3) is 10.2 Å². The van der Waals surface area contributed by atoms with Gasteiger partial charge in [0.25, 0.3) is 0 Å². The van der Waals surface area contributed by atoms with Crippen molar-refractivity contribution in [2.75, 3.05) is 12.4 Å². The molecule has 0 amide bonds. The van der Waals surface area contributed by atoms with E-state index in [1.165, 1.54) is 0 Å². The van der Waals surface area contributed by atoms with Crippen molar-refractivity contribution in [2.45, 2.75) is 6.54 Å². The Morgan fingerprint density at radius 1 is 1.21 bits per heavy atom. The number of fused-ring (bicyclic) bond motifs is 1. The molecule has 3 rings (SSSR count). The van der Waals surface area contributed by atoms with Gasteiger partial charge in [-0.05, 0) is 17.0 Å². The lowest BCUT2D eigenvalue weighted by molar-refractivity contribution is 0.397. The standard InChI is InChI=1S/C13H12N4OS/c1-18-11-3-2-9(6-14-11)7-15-12-10-4-5-19-13(10)17-8-16-12/h2-6,8H,7H2,1H3,(H,15,16,17). The number of hydrogen-bond acceptors (Lipinski definition) is 6. The molecular formula is C13H12N4OS. The van der Waals surface area contributed by atoms with Gasteiger partial charge in [-0.15, -0.1) is 11.3 Å². The molecule has 0 unspecified atom stereocenters. The fourth-order valence-corrected chi connectivity index (χ4v) is 2.49. The molecule has 0 spiro atoms. The molecule has 1 N–H and O–H groups in total. The Labute approximate surface area is 114 Å². The van der Waals surface area contributed by atoms with E-state index < -0.39 is 0 Å². The molecule has 0 bridgehead atoms. The van der Waals surface area contributed by atoms with E-state index in [1.807, 2.05) is 23.6 Å². The first-order chi connectivity index (χ1) is 9.36. The summed E-state index contributed by atoms with van der Waals surface area (Å²) in [7, 11) is 1.61. The summed E-state index contributed by atoms with van der Waals surface area (Å²) in [6, 6.07) is 5.84. The van der Waals surface area contributed by atoms with Gasteiger partial charge in [-0.3, -0.25) is 0 Å². The third-order valence-electron chi connectivity index (χ3n) is 2.73. The first-order valence-corrected chi connectivity index (χ1v) is 6.66. The first-order valence-electron chi connectivity index (χ1n) is 5.78. The number of thiophene rings is 1. The molecule has 96 valence electrons. The lowest BCUT2D eigenvalue weighted by Crippen LogP contribution is -2.02. The van der Waals surface area contributed by atoms with Gasteiger partial charge in [0.2, 0.25) is 5.88 Å². The van der Waals surface area contributed by atoms with Crippen molar-refractivity contribution < 1.29 is 4.74 Å². The first kappa shape index (κ1) is 11.9. The maximum absolute atomic E-state index is 5.03. The smallest absolute Gasteiger partial charge is 0.212 e. The van der Waals surface area contributed by atoms with Crippen LogP contribution in [0, 0.1) is 0 Å². The van der Waals surface area contributed by atoms with Gasteiger partial charge >= 0.3 is 0 Å². The predicted molar refractivity (Wildman–Crippen MR) is 75.5 cm³/mol. The summed E-state index contributed by atoms with van der Waals surface area (Å²) in [6.45, 7) is 0.666. The number of aromatic nitrogens is 3. The molecule has 0 aromatic carbocycles. The van der Waals surface area contributed by atoms with Gasteiger partial charge in [0, 0.05) is 18.8 Å². The molecule has 0 atom stereocenters. The molecule has 0 aliphatic rings. The van der Waals surface area contributed by atoms with E-state index in [0.29, 0.717) is 12.4 Å². The van der Waals surface area contributed by atoms with Crippen molar-refractivity contribution in [2.24, 2.45) is 0 Å². The van der Waals surface area contributed by atoms with Crippen LogP contribution in [0.5, 0.6) is 5.88 Å². The van der Waals surface area contributed by atoms with Crippen LogP contribution in [0.1, 0.15) is 5.56 Å². The van der Waals surface area contributed by atoms with Crippen molar-refractivity contribution in [3.05, 3.63) is 41.7 Å². The number of nitrogens with zero attached hydrogens (tertiary/aromatic N) is 3. The van der Waals surface area contributed by atoms with Crippen LogP contribution in [-0.2, 0) is 6.54 Å². The number of pyridine rings is 1. The molecule has 0 aliphatic carbocycles. The Morgan fingerprint density at radius 3 is 2.95 bits per heavy atom. The van der Waals surface area contributed by atoms with Crippen LogP contribution in [-0.4, -0.2) is 22.1 Å². The second kappa shape index (κ2) is 5.19. The van der Waals surface area contributed by atoms with Crippen LogP contribution in [0.2, 0.25) is 0 Å². The third-order valence-corrected chi connectivity index (χ3v) is 3.55. The van der Waals surface area contributed by atoms with Gasteiger partial charge < -0.3 is 10.1 Å². The highest BCUT2D eigenvalue weighted by Gasteiger charge is 2.04. The van der Waals surface area contributed by atoms with Crippen LogP contribution >= 0.6 is 11.3 Å². The zero-order valence-corrected chi connectivity index (χ0v) is 11.1. The van der Waals surface area contributed by atoms with Crippen molar-refractivity contribution >= 4 is 27.4 Å². The van der Waals surface area contributed by atoms with Crippen molar-refractivity contribution in [1.29, 1.82) is 0 Å². The van der Waals surface area contributed by atoms with Crippen molar-refractivity contribution in [1.82, 2.24) is 15.0 Å². The van der Waals surface area contributed by atoms with E-state index in [0.717, 1.165) is 21.6 Å². The van der Waals surface area contributed by atoms with Crippen LogP contribution < -0.4 is 10.1 Å². The molecule has 3 heterocycles. The molecule has 19 heavy (non-hydrogen) atoms. The van der Waals surface area contributed by atoms with Gasteiger partial charge in [0.05, 0.1) is 12.5 Å². The molecule has 0 saturated carbocycles. The summed E-state index contributed by atoms with van der Waals surface area (Å²) in [4.78, 5) is 13.6. The third kappa shape index (κ3) is 2.48. The normalized spacial score (nSPS) is 10.6. The van der Waals surface area contributed by atoms with Crippen LogP contribution in [0.3, 0.4) is 0 Å². The van der Waals surface area contributed by atoms with E-state index in [4.69, 9.17) is 4.74 Å². The lowest BCUT2D eigenvalue weighted by atomic mass is 10.3. The molecule has 0 radical (unpaired) electrons. The van der Waals surface area contributed by atoms with E-state index in [-0.39, 0.29) is 0 Å². The van der Waals surface area contributed by atoms with Crippen molar-refractivity contribution in [3.8, 4) is 5.88 Å². The van der Waals surface area contributed by atoms with Gasteiger partial charge in [0.1, 0.15) is 17.0 Å². The second-order valence-electron chi connectivity index (χ2n) is 3.92. The average Bonchev–Trinajstić information content (AvgIpc) is 2.94. The summed E-state index contributed by atoms with van der Waals surface area (Å²) in [5, 5.41) is 6.37. The summed E-state index contributed by atoms with van der Waals surface area (Å²) in [5.74, 6) is 1.47. The molecule has 3 aromatic rings. The molecule has 0 aliphatic heterocycles. The van der Waals surface area contributed by atoms with Crippen LogP contribution in [0.4, 0.5) is 5.82 Å². The van der Waals surface area contributed by atoms with E-state index in [1.54, 1.807) is 31.0 Å². The Morgan fingerprint density at radius 2 is 2.16 bits per heavy atom. The monoisotopic (exact) mass is 272 g/mol. The number of anilines is 1. The minimum absolute atomic E-state index is 0.617. The zero-order chi connectivity index (χ0) is 13.1. The largest absolute Gasteiger partial charge is 0.481 e. The highest BCUT2D eigenvalue weighted by Crippen LogP contribution is 2.24. The Bertz CT molecular complexity index is 680. The maximum Gasteiger partial charge on any atom is 0.212 e. The van der Waals surface area contributed by atoms with E-state index in [2.05, 4.69) is 20.3 Å². The minimum atomic E-state index is 0.617. The van der Waals surface area contributed by atoms with E-state index >= 15 is 0 Å². The summed E-state index contributed by atoms with van der Waals surface area (Å²) in [6.07, 6.45) is 3.37. The van der Waals surface area contributed by atoms with Gasteiger partial charge in [0.15, 0.2) is 0 Å². The number of methoxy groups -OCH3 is 1. The number of hydrogen-bond donors (Lipinski definition) is 1. The van der Waals surface area contributed by atoms with Gasteiger partial charge in [-0.1, -0.05) is 6.07 Å². The highest BCUT2D eigenvalue weighted by molar-refractivity contribution is 7.16. The number of rotatable bonds is 4. The maximum atomic E-state index is 5.03. The lowest BCUT2D eigenvalue weighted by Gasteiger charge is -2.06. The van der Waals surface area contributed by atoms with Crippen LogP contribution in [0.15, 0.2) is 36.1 Å². The molecule has 5 nitrogen and oxygen atoms in total. The fraction of sp³-hybridized carbons (Fsp3) is 0.154. The summed E-state index contributed by atoms with van der Waals surface area (Å²) < 4.78 is 5.03. The predicted octanol–water partition coefficient (Wildman–Crippen LogP) is 2.71.